The van der Waals surface area contributed by atoms with E-state index in [1.54, 1.807) is 0 Å². The highest BCUT2D eigenvalue weighted by atomic mass is 32.2. The van der Waals surface area contributed by atoms with Crippen molar-refractivity contribution in [2.24, 2.45) is 0 Å². The van der Waals surface area contributed by atoms with Gasteiger partial charge in [0.25, 0.3) is 0 Å². The molecule has 0 spiro atoms. The molecular weight excluding hydrogens is 222 g/mol. The largest absolute Gasteiger partial charge is 0.476 e. The minimum Gasteiger partial charge on any atom is -0.476 e. The van der Waals surface area contributed by atoms with Gasteiger partial charge in [-0.1, -0.05) is 0 Å². The average Bonchev–Trinajstić information content (AvgIpc) is 2.51. The predicted octanol–water partition coefficient (Wildman–Crippen LogP) is 0.696. The maximum atomic E-state index is 11.4. The highest BCUT2D eigenvalue weighted by Crippen LogP contribution is 2.10. The van der Waals surface area contributed by atoms with Gasteiger partial charge < -0.3 is 9.52 Å². The molecule has 1 aromatic rings. The maximum absolute atomic E-state index is 11.4. The Labute approximate surface area is 86.9 Å². The van der Waals surface area contributed by atoms with Crippen molar-refractivity contribution in [3.63, 3.8) is 0 Å². The molecule has 0 aliphatic rings. The first-order valence-corrected chi connectivity index (χ1v) is 5.93. The normalized spacial score (nSPS) is 11.9. The first-order chi connectivity index (χ1) is 6.83. The molecule has 84 valence electrons. The van der Waals surface area contributed by atoms with Crippen LogP contribution in [0.4, 0.5) is 0 Å². The molecule has 0 aromatic carbocycles. The van der Waals surface area contributed by atoms with Gasteiger partial charge in [-0.2, -0.15) is 0 Å². The van der Waals surface area contributed by atoms with Gasteiger partial charge in [-0.25, -0.2) is 18.2 Å². The molecule has 1 N–H and O–H groups in total. The third-order valence-corrected chi connectivity index (χ3v) is 3.90. The zero-order valence-electron chi connectivity index (χ0n) is 8.30. The number of carboxylic acid groups (broad SMARTS) is 1. The molecule has 0 radical (unpaired) electrons. The van der Waals surface area contributed by atoms with E-state index in [0.29, 0.717) is 0 Å². The first-order valence-electron chi connectivity index (χ1n) is 4.22. The van der Waals surface area contributed by atoms with Crippen LogP contribution in [0.25, 0.3) is 0 Å². The third kappa shape index (κ3) is 2.79. The second-order valence-corrected chi connectivity index (χ2v) is 5.84. The van der Waals surface area contributed by atoms with E-state index in [2.05, 4.69) is 4.98 Å². The molecule has 0 saturated heterocycles. The first kappa shape index (κ1) is 11.7. The van der Waals surface area contributed by atoms with Gasteiger partial charge in [0, 0.05) is 0 Å². The van der Waals surface area contributed by atoms with E-state index in [9.17, 15) is 13.2 Å². The van der Waals surface area contributed by atoms with Gasteiger partial charge in [-0.05, 0) is 13.8 Å². The standard InChI is InChI=1S/C8H11NO5S/c1-5(2)15(12,13)4-7-9-6(3-14-7)8(10)11/h3,5H,4H2,1-2H3,(H,10,11). The van der Waals surface area contributed by atoms with E-state index >= 15 is 0 Å². The fraction of sp³-hybridized carbons (Fsp3) is 0.500. The van der Waals surface area contributed by atoms with Gasteiger partial charge in [-0.15, -0.1) is 0 Å². The molecule has 7 heteroatoms. The lowest BCUT2D eigenvalue weighted by atomic mass is 10.5. The van der Waals surface area contributed by atoms with Crippen molar-refractivity contribution >= 4 is 15.8 Å². The monoisotopic (exact) mass is 233 g/mol. The van der Waals surface area contributed by atoms with E-state index < -0.39 is 21.1 Å². The molecule has 1 rings (SSSR count). The molecule has 0 amide bonds. The van der Waals surface area contributed by atoms with E-state index in [0.717, 1.165) is 6.26 Å². The van der Waals surface area contributed by atoms with Crippen molar-refractivity contribution in [3.05, 3.63) is 17.8 Å². The van der Waals surface area contributed by atoms with Crippen molar-refractivity contribution in [1.29, 1.82) is 0 Å². The van der Waals surface area contributed by atoms with Gasteiger partial charge in [0.05, 0.1) is 5.25 Å². The summed E-state index contributed by atoms with van der Waals surface area (Å²) in [4.78, 5) is 14.0. The SMILES string of the molecule is CC(C)S(=O)(=O)Cc1nc(C(=O)O)co1. The Morgan fingerprint density at radius 1 is 1.60 bits per heavy atom. The van der Waals surface area contributed by atoms with Gasteiger partial charge >= 0.3 is 5.97 Å². The summed E-state index contributed by atoms with van der Waals surface area (Å²) >= 11 is 0. The van der Waals surface area contributed by atoms with Crippen molar-refractivity contribution in [1.82, 2.24) is 4.98 Å². The van der Waals surface area contributed by atoms with E-state index in [4.69, 9.17) is 9.52 Å². The summed E-state index contributed by atoms with van der Waals surface area (Å²) in [5, 5.41) is 7.99. The zero-order valence-corrected chi connectivity index (χ0v) is 9.11. The van der Waals surface area contributed by atoms with Crippen LogP contribution < -0.4 is 0 Å². The molecular formula is C8H11NO5S. The molecule has 0 atom stereocenters. The van der Waals surface area contributed by atoms with Crippen LogP contribution in [-0.4, -0.2) is 29.7 Å². The quantitative estimate of drug-likeness (QED) is 0.821. The Morgan fingerprint density at radius 3 is 2.60 bits per heavy atom. The summed E-state index contributed by atoms with van der Waals surface area (Å²) in [7, 11) is -3.31. The van der Waals surface area contributed by atoms with E-state index in [1.807, 2.05) is 0 Å². The minimum atomic E-state index is -3.31. The molecule has 0 aliphatic heterocycles. The summed E-state index contributed by atoms with van der Waals surface area (Å²) in [6.45, 7) is 3.08. The average molecular weight is 233 g/mol. The summed E-state index contributed by atoms with van der Waals surface area (Å²) in [6, 6.07) is 0. The van der Waals surface area contributed by atoms with E-state index in [1.165, 1.54) is 13.8 Å². The molecule has 1 aromatic heterocycles. The smallest absolute Gasteiger partial charge is 0.357 e. The number of aromatic carboxylic acids is 1. The number of oxazole rings is 1. The lowest BCUT2D eigenvalue weighted by molar-refractivity contribution is 0.0690. The molecule has 0 aliphatic carbocycles. The van der Waals surface area contributed by atoms with Crippen molar-refractivity contribution in [3.8, 4) is 0 Å². The predicted molar refractivity (Wildman–Crippen MR) is 51.2 cm³/mol. The van der Waals surface area contributed by atoms with Crippen LogP contribution in [0, 0.1) is 0 Å². The van der Waals surface area contributed by atoms with Crippen LogP contribution in [-0.2, 0) is 15.6 Å². The molecule has 0 fully saturated rings. The number of hydrogen-bond donors (Lipinski definition) is 1. The summed E-state index contributed by atoms with van der Waals surface area (Å²) < 4.78 is 27.6. The zero-order chi connectivity index (χ0) is 11.6. The van der Waals surface area contributed by atoms with Crippen molar-refractivity contribution < 1.29 is 22.7 Å². The number of rotatable bonds is 4. The fourth-order valence-electron chi connectivity index (χ4n) is 0.814. The molecule has 0 bridgehead atoms. The number of sulfone groups is 1. The Kier molecular flexibility index (Phi) is 3.13. The second kappa shape index (κ2) is 4.01. The second-order valence-electron chi connectivity index (χ2n) is 3.29. The highest BCUT2D eigenvalue weighted by molar-refractivity contribution is 7.91. The van der Waals surface area contributed by atoms with Crippen LogP contribution in [0.5, 0.6) is 0 Å². The van der Waals surface area contributed by atoms with Crippen molar-refractivity contribution in [2.75, 3.05) is 0 Å². The number of carboxylic acids is 1. The molecule has 0 saturated carbocycles. The topological polar surface area (TPSA) is 97.5 Å². The summed E-state index contributed by atoms with van der Waals surface area (Å²) in [6.07, 6.45) is 0.924. The van der Waals surface area contributed by atoms with Crippen molar-refractivity contribution in [2.45, 2.75) is 24.9 Å². The summed E-state index contributed by atoms with van der Waals surface area (Å²) in [5.41, 5.74) is -0.288. The fourth-order valence-corrected chi connectivity index (χ4v) is 1.62. The Hall–Kier alpha value is -1.37. The van der Waals surface area contributed by atoms with Gasteiger partial charge in [0.2, 0.25) is 5.89 Å². The van der Waals surface area contributed by atoms with Gasteiger partial charge in [0.15, 0.2) is 15.5 Å². The number of nitrogens with zero attached hydrogens (tertiary/aromatic N) is 1. The number of aromatic nitrogens is 1. The lowest BCUT2D eigenvalue weighted by Gasteiger charge is -2.03. The number of hydrogen-bond acceptors (Lipinski definition) is 5. The third-order valence-electron chi connectivity index (χ3n) is 1.81. The van der Waals surface area contributed by atoms with Gasteiger partial charge in [0.1, 0.15) is 12.0 Å². The molecule has 6 nitrogen and oxygen atoms in total. The Balaban J connectivity index is 2.87. The van der Waals surface area contributed by atoms with Gasteiger partial charge in [-0.3, -0.25) is 0 Å². The van der Waals surface area contributed by atoms with Crippen LogP contribution in [0.1, 0.15) is 30.2 Å². The maximum Gasteiger partial charge on any atom is 0.357 e. The van der Waals surface area contributed by atoms with Crippen LogP contribution >= 0.6 is 0 Å². The van der Waals surface area contributed by atoms with Crippen LogP contribution in [0.2, 0.25) is 0 Å². The minimum absolute atomic E-state index is 0.0962. The molecule has 0 unspecified atom stereocenters. The number of carbonyl (C=O) groups is 1. The lowest BCUT2D eigenvalue weighted by Crippen LogP contribution is -2.16. The van der Waals surface area contributed by atoms with E-state index in [-0.39, 0.29) is 17.3 Å². The van der Waals surface area contributed by atoms with Crippen LogP contribution in [0.3, 0.4) is 0 Å². The Bertz CT molecular complexity index is 459. The van der Waals surface area contributed by atoms with Crippen LogP contribution in [0.15, 0.2) is 10.7 Å². The molecule has 15 heavy (non-hydrogen) atoms. The highest BCUT2D eigenvalue weighted by Gasteiger charge is 2.21. The Morgan fingerprint density at radius 2 is 2.20 bits per heavy atom. The molecule has 1 heterocycles. The summed E-state index contributed by atoms with van der Waals surface area (Å²) in [5.74, 6) is -1.72.